The molecule has 1 aromatic heterocycles. The number of hydrogen-bond acceptors (Lipinski definition) is 3. The van der Waals surface area contributed by atoms with Gasteiger partial charge in [0.2, 0.25) is 0 Å². The van der Waals surface area contributed by atoms with E-state index < -0.39 is 0 Å². The number of nitrogens with zero attached hydrogens (tertiary/aromatic N) is 1. The van der Waals surface area contributed by atoms with E-state index in [0.29, 0.717) is 10.0 Å². The number of aromatic nitrogens is 1. The van der Waals surface area contributed by atoms with Crippen molar-refractivity contribution in [3.8, 4) is 0 Å². The van der Waals surface area contributed by atoms with Crippen LogP contribution in [0, 0.1) is 0 Å². The molecular formula is C11H10Cl2N2S. The predicted octanol–water partition coefficient (Wildman–Crippen LogP) is 3.69. The van der Waals surface area contributed by atoms with Crippen LogP contribution in [0.5, 0.6) is 0 Å². The van der Waals surface area contributed by atoms with E-state index in [2.05, 4.69) is 4.98 Å². The lowest BCUT2D eigenvalue weighted by Crippen LogP contribution is -2.11. The SMILES string of the molecule is NC(Cc1ccc(Cl)c(Cl)c1)c1cncs1. The van der Waals surface area contributed by atoms with Gasteiger partial charge in [-0.05, 0) is 24.1 Å². The van der Waals surface area contributed by atoms with Crippen LogP contribution in [0.1, 0.15) is 16.5 Å². The van der Waals surface area contributed by atoms with Gasteiger partial charge in [-0.3, -0.25) is 4.98 Å². The van der Waals surface area contributed by atoms with Crippen molar-refractivity contribution in [2.75, 3.05) is 0 Å². The zero-order valence-electron chi connectivity index (χ0n) is 8.36. The minimum Gasteiger partial charge on any atom is -0.323 e. The molecule has 0 amide bonds. The Hall–Kier alpha value is -0.610. The van der Waals surface area contributed by atoms with Gasteiger partial charge in [0.15, 0.2) is 0 Å². The fourth-order valence-corrected chi connectivity index (χ4v) is 2.37. The summed E-state index contributed by atoms with van der Waals surface area (Å²) < 4.78 is 0. The van der Waals surface area contributed by atoms with Gasteiger partial charge in [-0.2, -0.15) is 0 Å². The summed E-state index contributed by atoms with van der Waals surface area (Å²) in [4.78, 5) is 5.08. The average molecular weight is 273 g/mol. The quantitative estimate of drug-likeness (QED) is 0.926. The molecule has 0 aliphatic heterocycles. The first kappa shape index (κ1) is 11.9. The maximum absolute atomic E-state index is 6.05. The zero-order valence-corrected chi connectivity index (χ0v) is 10.7. The standard InChI is InChI=1S/C11H10Cl2N2S/c12-8-2-1-7(3-9(8)13)4-10(14)11-5-15-6-16-11/h1-3,5-6,10H,4,14H2. The monoisotopic (exact) mass is 272 g/mol. The Morgan fingerprint density at radius 3 is 2.75 bits per heavy atom. The van der Waals surface area contributed by atoms with Gasteiger partial charge in [0, 0.05) is 17.1 Å². The van der Waals surface area contributed by atoms with Gasteiger partial charge >= 0.3 is 0 Å². The Bertz CT molecular complexity index is 471. The minimum atomic E-state index is -0.0373. The second-order valence-corrected chi connectivity index (χ2v) is 5.20. The van der Waals surface area contributed by atoms with Gasteiger partial charge in [-0.1, -0.05) is 29.3 Å². The summed E-state index contributed by atoms with van der Waals surface area (Å²) >= 11 is 13.3. The highest BCUT2D eigenvalue weighted by atomic mass is 35.5. The lowest BCUT2D eigenvalue weighted by molar-refractivity contribution is 0.734. The molecule has 1 unspecified atom stereocenters. The van der Waals surface area contributed by atoms with Gasteiger partial charge in [0.1, 0.15) is 0 Å². The van der Waals surface area contributed by atoms with Crippen LogP contribution in [0.3, 0.4) is 0 Å². The van der Waals surface area contributed by atoms with Gasteiger partial charge < -0.3 is 5.73 Å². The third-order valence-electron chi connectivity index (χ3n) is 2.26. The Balaban J connectivity index is 2.12. The van der Waals surface area contributed by atoms with Crippen LogP contribution >= 0.6 is 34.5 Å². The maximum atomic E-state index is 6.05. The maximum Gasteiger partial charge on any atom is 0.0794 e. The molecule has 1 atom stereocenters. The first-order valence-corrected chi connectivity index (χ1v) is 6.38. The molecule has 2 aromatic rings. The van der Waals surface area contributed by atoms with Gasteiger partial charge in [-0.25, -0.2) is 0 Å². The van der Waals surface area contributed by atoms with Crippen LogP contribution < -0.4 is 5.73 Å². The van der Waals surface area contributed by atoms with Crippen LogP contribution in [0.15, 0.2) is 29.9 Å². The van der Waals surface area contributed by atoms with Crippen molar-refractivity contribution in [2.24, 2.45) is 5.73 Å². The highest BCUT2D eigenvalue weighted by molar-refractivity contribution is 7.09. The lowest BCUT2D eigenvalue weighted by Gasteiger charge is -2.09. The Kier molecular flexibility index (Phi) is 3.82. The van der Waals surface area contributed by atoms with E-state index >= 15 is 0 Å². The molecule has 0 fully saturated rings. The highest BCUT2D eigenvalue weighted by Gasteiger charge is 2.09. The van der Waals surface area contributed by atoms with E-state index in [1.807, 2.05) is 12.1 Å². The fraction of sp³-hybridized carbons (Fsp3) is 0.182. The Morgan fingerprint density at radius 1 is 1.31 bits per heavy atom. The molecule has 2 N–H and O–H groups in total. The molecule has 2 rings (SSSR count). The summed E-state index contributed by atoms with van der Waals surface area (Å²) in [5.41, 5.74) is 8.91. The lowest BCUT2D eigenvalue weighted by atomic mass is 10.1. The van der Waals surface area contributed by atoms with Crippen molar-refractivity contribution in [1.82, 2.24) is 4.98 Å². The largest absolute Gasteiger partial charge is 0.323 e. The Morgan fingerprint density at radius 2 is 2.12 bits per heavy atom. The van der Waals surface area contributed by atoms with E-state index in [4.69, 9.17) is 28.9 Å². The molecule has 5 heteroatoms. The first-order chi connectivity index (χ1) is 7.66. The van der Waals surface area contributed by atoms with Crippen molar-refractivity contribution in [2.45, 2.75) is 12.5 Å². The normalized spacial score (nSPS) is 12.7. The average Bonchev–Trinajstić information content (AvgIpc) is 2.77. The van der Waals surface area contributed by atoms with Gasteiger partial charge in [-0.15, -0.1) is 11.3 Å². The summed E-state index contributed by atoms with van der Waals surface area (Å²) in [7, 11) is 0. The van der Waals surface area contributed by atoms with Crippen LogP contribution in [-0.2, 0) is 6.42 Å². The van der Waals surface area contributed by atoms with Crippen LogP contribution in [0.4, 0.5) is 0 Å². The molecule has 0 bridgehead atoms. The summed E-state index contributed by atoms with van der Waals surface area (Å²) in [6.45, 7) is 0. The molecule has 0 aliphatic rings. The zero-order chi connectivity index (χ0) is 11.5. The molecule has 0 saturated carbocycles. The van der Waals surface area contributed by atoms with Gasteiger partial charge in [0.05, 0.1) is 15.6 Å². The van der Waals surface area contributed by atoms with Crippen LogP contribution in [0.25, 0.3) is 0 Å². The molecule has 0 saturated heterocycles. The molecule has 2 nitrogen and oxygen atoms in total. The van der Waals surface area contributed by atoms with Crippen LogP contribution in [0.2, 0.25) is 10.0 Å². The van der Waals surface area contributed by atoms with E-state index in [0.717, 1.165) is 16.9 Å². The number of halogens is 2. The number of benzene rings is 1. The molecule has 0 radical (unpaired) electrons. The smallest absolute Gasteiger partial charge is 0.0794 e. The number of rotatable bonds is 3. The molecule has 0 aliphatic carbocycles. The molecule has 84 valence electrons. The summed E-state index contributed by atoms with van der Waals surface area (Å²) in [5, 5.41) is 1.13. The Labute approximate surface area is 108 Å². The van der Waals surface area contributed by atoms with E-state index in [1.165, 1.54) is 0 Å². The minimum absolute atomic E-state index is 0.0373. The van der Waals surface area contributed by atoms with Crippen molar-refractivity contribution < 1.29 is 0 Å². The molecule has 1 heterocycles. The third kappa shape index (κ3) is 2.74. The van der Waals surface area contributed by atoms with E-state index in [-0.39, 0.29) is 6.04 Å². The second-order valence-electron chi connectivity index (χ2n) is 3.46. The fourth-order valence-electron chi connectivity index (χ4n) is 1.43. The van der Waals surface area contributed by atoms with E-state index in [1.54, 1.807) is 29.1 Å². The second kappa shape index (κ2) is 5.15. The van der Waals surface area contributed by atoms with E-state index in [9.17, 15) is 0 Å². The van der Waals surface area contributed by atoms with Crippen molar-refractivity contribution >= 4 is 34.5 Å². The summed E-state index contributed by atoms with van der Waals surface area (Å²) in [6.07, 6.45) is 2.53. The van der Waals surface area contributed by atoms with Gasteiger partial charge in [0.25, 0.3) is 0 Å². The molecule has 1 aromatic carbocycles. The molecular weight excluding hydrogens is 263 g/mol. The third-order valence-corrected chi connectivity index (χ3v) is 3.90. The van der Waals surface area contributed by atoms with Crippen molar-refractivity contribution in [3.63, 3.8) is 0 Å². The molecule has 0 spiro atoms. The predicted molar refractivity (Wildman–Crippen MR) is 69.2 cm³/mol. The molecule has 16 heavy (non-hydrogen) atoms. The number of nitrogens with two attached hydrogens (primary N) is 1. The van der Waals surface area contributed by atoms with Crippen molar-refractivity contribution in [3.05, 3.63) is 50.4 Å². The van der Waals surface area contributed by atoms with Crippen molar-refractivity contribution in [1.29, 1.82) is 0 Å². The topological polar surface area (TPSA) is 38.9 Å². The van der Waals surface area contributed by atoms with Crippen LogP contribution in [-0.4, -0.2) is 4.98 Å². The number of thiazole rings is 1. The summed E-state index contributed by atoms with van der Waals surface area (Å²) in [5.74, 6) is 0. The number of hydrogen-bond donors (Lipinski definition) is 1. The summed E-state index contributed by atoms with van der Waals surface area (Å²) in [6, 6.07) is 5.54. The highest BCUT2D eigenvalue weighted by Crippen LogP contribution is 2.25. The first-order valence-electron chi connectivity index (χ1n) is 4.74.